The van der Waals surface area contributed by atoms with Crippen molar-refractivity contribution in [3.05, 3.63) is 0 Å². The van der Waals surface area contributed by atoms with Gasteiger partial charge < -0.3 is 0 Å². The summed E-state index contributed by atoms with van der Waals surface area (Å²) in [7, 11) is 0. The van der Waals surface area contributed by atoms with Gasteiger partial charge in [-0.1, -0.05) is 0 Å². The van der Waals surface area contributed by atoms with Crippen molar-refractivity contribution in [3.8, 4) is 0 Å². The van der Waals surface area contributed by atoms with Crippen LogP contribution in [0.15, 0.2) is 0 Å². The van der Waals surface area contributed by atoms with E-state index in [9.17, 15) is 23.5 Å². The first-order chi connectivity index (χ1) is 5.44. The maximum absolute atomic E-state index is 9.38. The molecule has 0 radical (unpaired) electrons. The van der Waals surface area contributed by atoms with Crippen LogP contribution in [-0.4, -0.2) is 13.3 Å². The fourth-order valence-corrected chi connectivity index (χ4v) is 1.74. The van der Waals surface area contributed by atoms with Crippen molar-refractivity contribution in [2.45, 2.75) is 0 Å². The van der Waals surface area contributed by atoms with Crippen LogP contribution in [0, 0.1) is 0 Å². The van der Waals surface area contributed by atoms with Crippen LogP contribution in [0.3, 0.4) is 0 Å². The van der Waals surface area contributed by atoms with Crippen molar-refractivity contribution in [1.29, 1.82) is 0 Å². The fourth-order valence-electron chi connectivity index (χ4n) is 0.102. The van der Waals surface area contributed by atoms with E-state index in [1.807, 2.05) is 0 Å². The first-order valence-electron chi connectivity index (χ1n) is 1.87. The molecule has 0 saturated carbocycles. The molecular formula is H2Cr2Na2O10S. The Morgan fingerprint density at radius 3 is 1.07 bits per heavy atom. The van der Waals surface area contributed by atoms with Crippen LogP contribution in [0.5, 0.6) is 0 Å². The summed E-state index contributed by atoms with van der Waals surface area (Å²) in [6.07, 6.45) is 0. The molecule has 0 fully saturated rings. The maximum atomic E-state index is 9.38. The molecule has 0 saturated heterocycles. The van der Waals surface area contributed by atoms with E-state index in [1.54, 1.807) is 0 Å². The standard InChI is InChI=1S/2Cr.2Na.H2O3S.7O/c;;;;1-4(2)3;;;;;;;/h;;;;(H2,1,2,3);;;;;;;/q;;2*+1;;;;;;;2*-1. The van der Waals surface area contributed by atoms with E-state index in [2.05, 4.69) is 2.84 Å². The summed E-state index contributed by atoms with van der Waals surface area (Å²) in [5.41, 5.74) is 0. The monoisotopic (exact) mass is 344 g/mol. The van der Waals surface area contributed by atoms with Crippen molar-refractivity contribution in [3.63, 3.8) is 0 Å². The molecule has 2 N–H and O–H groups in total. The van der Waals surface area contributed by atoms with E-state index in [1.165, 1.54) is 0 Å². The van der Waals surface area contributed by atoms with Gasteiger partial charge in [-0.15, -0.1) is 0 Å². The Hall–Kier alpha value is 2.21. The molecule has 0 amide bonds. The van der Waals surface area contributed by atoms with E-state index < -0.39 is 38.6 Å². The van der Waals surface area contributed by atoms with Gasteiger partial charge in [0, 0.05) is 0 Å². The van der Waals surface area contributed by atoms with Crippen LogP contribution in [-0.2, 0) is 56.6 Å². The molecule has 0 unspecified atom stereocenters. The third-order valence-electron chi connectivity index (χ3n) is 0.167. The van der Waals surface area contributed by atoms with Gasteiger partial charge in [0.1, 0.15) is 0 Å². The van der Waals surface area contributed by atoms with Gasteiger partial charge in [-0.25, -0.2) is 0 Å². The SMILES string of the molecule is O=S(O)O.[Na+].[Na+].[O]=[Cr](=[O])([O-])[O][Cr](=[O])(=[O])[O-]. The second-order valence-corrected chi connectivity index (χ2v) is 5.22. The zero-order valence-electron chi connectivity index (χ0n) is 7.39. The van der Waals surface area contributed by atoms with E-state index >= 15 is 0 Å². The molecular weight excluding hydrogens is 342 g/mol. The summed E-state index contributed by atoms with van der Waals surface area (Å²) >= 11 is -14.8. The summed E-state index contributed by atoms with van der Waals surface area (Å²) < 4.78 is 81.7. The van der Waals surface area contributed by atoms with Gasteiger partial charge in [-0.2, -0.15) is 4.21 Å². The van der Waals surface area contributed by atoms with E-state index in [4.69, 9.17) is 13.3 Å². The van der Waals surface area contributed by atoms with Crippen LogP contribution in [0.25, 0.3) is 0 Å². The molecule has 10 nitrogen and oxygen atoms in total. The Morgan fingerprint density at radius 2 is 1.07 bits per heavy atom. The number of hydrogen-bond donors (Lipinski definition) is 2. The first kappa shape index (κ1) is 25.9. The van der Waals surface area contributed by atoms with Gasteiger partial charge >= 0.3 is 113 Å². The van der Waals surface area contributed by atoms with E-state index in [-0.39, 0.29) is 59.1 Å². The summed E-state index contributed by atoms with van der Waals surface area (Å²) in [6, 6.07) is 0. The molecule has 0 aliphatic heterocycles. The molecule has 0 aromatic rings. The van der Waals surface area contributed by atoms with E-state index in [0.29, 0.717) is 0 Å². The molecule has 0 aromatic carbocycles. The van der Waals surface area contributed by atoms with Crippen LogP contribution < -0.4 is 67.4 Å². The van der Waals surface area contributed by atoms with Gasteiger partial charge in [-0.05, 0) is 0 Å². The fraction of sp³-hybridized carbons (Fsp3) is 0. The normalized spacial score (nSPS) is 10.5. The second-order valence-electron chi connectivity index (χ2n) is 1.12. The van der Waals surface area contributed by atoms with E-state index in [0.717, 1.165) is 0 Å². The Morgan fingerprint density at radius 1 is 0.933 bits per heavy atom. The zero-order valence-corrected chi connectivity index (χ0v) is 14.8. The number of rotatable bonds is 2. The van der Waals surface area contributed by atoms with Crippen LogP contribution in [0.4, 0.5) is 0 Å². The van der Waals surface area contributed by atoms with Gasteiger partial charge in [0.25, 0.3) is 11.4 Å². The van der Waals surface area contributed by atoms with Crippen LogP contribution >= 0.6 is 0 Å². The molecule has 0 bridgehead atoms. The summed E-state index contributed by atoms with van der Waals surface area (Å²) in [5, 5.41) is 0. The molecule has 0 aliphatic rings. The third kappa shape index (κ3) is 48.6. The Kier molecular flexibility index (Phi) is 19.5. The van der Waals surface area contributed by atoms with Gasteiger partial charge in [-0.3, -0.25) is 9.11 Å². The molecule has 0 spiro atoms. The zero-order chi connectivity index (χ0) is 11.3. The Balaban J connectivity index is -0.0000000883. The van der Waals surface area contributed by atoms with Crippen molar-refractivity contribution in [2.24, 2.45) is 0 Å². The summed E-state index contributed by atoms with van der Waals surface area (Å²) in [4.78, 5) is 0. The molecule has 15 heteroatoms. The molecule has 15 heavy (non-hydrogen) atoms. The molecule has 0 atom stereocenters. The van der Waals surface area contributed by atoms with Crippen molar-refractivity contribution < 1.29 is 126 Å². The molecule has 82 valence electrons. The summed E-state index contributed by atoms with van der Waals surface area (Å²) in [6.45, 7) is 0. The first-order valence-corrected chi connectivity index (χ1v) is 7.09. The van der Waals surface area contributed by atoms with Crippen LogP contribution in [0.2, 0.25) is 0 Å². The number of hydrogen-bond acceptors (Lipinski definition) is 8. The average Bonchev–Trinajstić information content (AvgIpc) is 1.47. The topological polar surface area (TPSA) is 181 Å². The van der Waals surface area contributed by atoms with Crippen molar-refractivity contribution in [2.75, 3.05) is 0 Å². The minimum atomic E-state index is -6.07. The average molecular weight is 344 g/mol. The summed E-state index contributed by atoms with van der Waals surface area (Å²) in [5.74, 6) is 0. The second kappa shape index (κ2) is 11.3. The van der Waals surface area contributed by atoms with Gasteiger partial charge in [0.05, 0.1) is 0 Å². The molecule has 0 aromatic heterocycles. The van der Waals surface area contributed by atoms with Gasteiger partial charge in [0.2, 0.25) is 0 Å². The quantitative estimate of drug-likeness (QED) is 0.360. The molecule has 0 rings (SSSR count). The molecule has 0 aliphatic carbocycles. The van der Waals surface area contributed by atoms with Crippen molar-refractivity contribution in [1.82, 2.24) is 0 Å². The van der Waals surface area contributed by atoms with Crippen LogP contribution in [0.1, 0.15) is 0 Å². The third-order valence-corrected chi connectivity index (χ3v) is 2.83. The molecule has 0 heterocycles. The van der Waals surface area contributed by atoms with Gasteiger partial charge in [0.15, 0.2) is 0 Å². The van der Waals surface area contributed by atoms with Crippen molar-refractivity contribution >= 4 is 11.4 Å². The predicted octanol–water partition coefficient (Wildman–Crippen LogP) is -9.24. The Labute approximate surface area is 135 Å². The minimum absolute atomic E-state index is 0. The Bertz CT molecular complexity index is 317. The predicted molar refractivity (Wildman–Crippen MR) is 17.2 cm³/mol.